The zero-order valence-corrected chi connectivity index (χ0v) is 16.3. The quantitative estimate of drug-likeness (QED) is 0.709. The lowest BCUT2D eigenvalue weighted by Crippen LogP contribution is -2.49. The number of hydrogen-bond acceptors (Lipinski definition) is 5. The van der Waals surface area contributed by atoms with E-state index in [4.69, 9.17) is 4.74 Å². The molecular formula is C16H31ClN2O4S. The van der Waals surface area contributed by atoms with Crippen molar-refractivity contribution in [2.45, 2.75) is 50.7 Å². The maximum Gasteiger partial charge on any atom is 0.310 e. The number of carbonyl (C=O) groups excluding carboxylic acids is 1. The van der Waals surface area contributed by atoms with Crippen LogP contribution in [0.15, 0.2) is 0 Å². The van der Waals surface area contributed by atoms with Crippen molar-refractivity contribution in [2.75, 3.05) is 33.3 Å². The molecule has 0 spiro atoms. The lowest BCUT2D eigenvalue weighted by Gasteiger charge is -2.37. The third-order valence-electron chi connectivity index (χ3n) is 5.21. The second-order valence-corrected chi connectivity index (χ2v) is 8.80. The molecular weight excluding hydrogens is 352 g/mol. The fourth-order valence-corrected chi connectivity index (χ4v) is 6.01. The van der Waals surface area contributed by atoms with Crippen molar-refractivity contribution < 1.29 is 17.9 Å². The van der Waals surface area contributed by atoms with Crippen LogP contribution in [0, 0.1) is 11.8 Å². The Morgan fingerprint density at radius 2 is 1.79 bits per heavy atom. The van der Waals surface area contributed by atoms with Crippen LogP contribution in [0.3, 0.4) is 0 Å². The number of ether oxygens (including phenoxy) is 1. The standard InChI is InChI=1S/C16H30N2O4S.ClH/c1-3-17-12-13-8-10-18(11-9-13)23(20,21)15-7-5-4-6-14(15)16(19)22-2;/h13-15,17H,3-12H2,1-2H3;1H. The van der Waals surface area contributed by atoms with E-state index in [0.29, 0.717) is 31.8 Å². The van der Waals surface area contributed by atoms with E-state index in [2.05, 4.69) is 12.2 Å². The predicted molar refractivity (Wildman–Crippen MR) is 96.8 cm³/mol. The van der Waals surface area contributed by atoms with Gasteiger partial charge in [-0.1, -0.05) is 19.8 Å². The molecule has 1 saturated carbocycles. The van der Waals surface area contributed by atoms with Crippen molar-refractivity contribution in [2.24, 2.45) is 11.8 Å². The minimum absolute atomic E-state index is 0. The van der Waals surface area contributed by atoms with Crippen LogP contribution in [0.1, 0.15) is 45.4 Å². The van der Waals surface area contributed by atoms with Gasteiger partial charge in [0.1, 0.15) is 0 Å². The van der Waals surface area contributed by atoms with Crippen molar-refractivity contribution in [3.8, 4) is 0 Å². The molecule has 2 atom stereocenters. The fourth-order valence-electron chi connectivity index (χ4n) is 3.78. The summed E-state index contributed by atoms with van der Waals surface area (Å²) in [7, 11) is -2.08. The Kier molecular flexibility index (Phi) is 8.98. The van der Waals surface area contributed by atoms with Gasteiger partial charge in [0.05, 0.1) is 18.3 Å². The highest BCUT2D eigenvalue weighted by molar-refractivity contribution is 7.89. The summed E-state index contributed by atoms with van der Waals surface area (Å²) in [6, 6.07) is 0. The Balaban J connectivity index is 0.00000288. The Morgan fingerprint density at radius 3 is 2.38 bits per heavy atom. The normalized spacial score (nSPS) is 26.6. The minimum atomic E-state index is -3.42. The van der Waals surface area contributed by atoms with Crippen molar-refractivity contribution in [1.29, 1.82) is 0 Å². The number of rotatable bonds is 6. The molecule has 1 aliphatic carbocycles. The number of nitrogens with zero attached hydrogens (tertiary/aromatic N) is 1. The molecule has 2 aliphatic rings. The van der Waals surface area contributed by atoms with E-state index in [1.54, 1.807) is 4.31 Å². The van der Waals surface area contributed by atoms with Gasteiger partial charge in [-0.2, -0.15) is 0 Å². The number of nitrogens with one attached hydrogen (secondary N) is 1. The second kappa shape index (κ2) is 9.94. The summed E-state index contributed by atoms with van der Waals surface area (Å²) in [5.41, 5.74) is 0. The summed E-state index contributed by atoms with van der Waals surface area (Å²) in [6.07, 6.45) is 4.74. The van der Waals surface area contributed by atoms with Gasteiger partial charge in [0, 0.05) is 13.1 Å². The molecule has 0 bridgehead atoms. The molecule has 6 nitrogen and oxygen atoms in total. The first-order chi connectivity index (χ1) is 11.0. The smallest absolute Gasteiger partial charge is 0.310 e. The summed E-state index contributed by atoms with van der Waals surface area (Å²) in [5, 5.41) is 2.73. The molecule has 0 radical (unpaired) electrons. The summed E-state index contributed by atoms with van der Waals surface area (Å²) in [4.78, 5) is 12.0. The molecule has 0 amide bonds. The van der Waals surface area contributed by atoms with Crippen LogP contribution in [0.25, 0.3) is 0 Å². The predicted octanol–water partition coefficient (Wildman–Crippen LogP) is 1.79. The maximum atomic E-state index is 13.0. The molecule has 2 fully saturated rings. The van der Waals surface area contributed by atoms with Crippen LogP contribution in [0.2, 0.25) is 0 Å². The average Bonchev–Trinajstić information content (AvgIpc) is 2.59. The monoisotopic (exact) mass is 382 g/mol. The molecule has 24 heavy (non-hydrogen) atoms. The molecule has 1 N–H and O–H groups in total. The lowest BCUT2D eigenvalue weighted by atomic mass is 9.89. The molecule has 8 heteroatoms. The van der Waals surface area contributed by atoms with Gasteiger partial charge in [-0.05, 0) is 44.7 Å². The van der Waals surface area contributed by atoms with Crippen molar-refractivity contribution in [3.63, 3.8) is 0 Å². The Morgan fingerprint density at radius 1 is 1.17 bits per heavy atom. The second-order valence-electron chi connectivity index (χ2n) is 6.65. The van der Waals surface area contributed by atoms with Gasteiger partial charge in [-0.25, -0.2) is 12.7 Å². The number of halogens is 1. The highest BCUT2D eigenvalue weighted by Crippen LogP contribution is 2.33. The Labute approximate surface area is 152 Å². The van der Waals surface area contributed by atoms with E-state index in [-0.39, 0.29) is 18.4 Å². The maximum absolute atomic E-state index is 13.0. The van der Waals surface area contributed by atoms with E-state index in [0.717, 1.165) is 38.8 Å². The van der Waals surface area contributed by atoms with Crippen LogP contribution in [0.5, 0.6) is 0 Å². The van der Waals surface area contributed by atoms with E-state index in [1.807, 2.05) is 0 Å². The fraction of sp³-hybridized carbons (Fsp3) is 0.938. The zero-order chi connectivity index (χ0) is 16.9. The molecule has 0 aromatic carbocycles. The molecule has 1 heterocycles. The largest absolute Gasteiger partial charge is 0.469 e. The third kappa shape index (κ3) is 5.07. The molecule has 0 aromatic heterocycles. The molecule has 142 valence electrons. The summed E-state index contributed by atoms with van der Waals surface area (Å²) < 4.78 is 32.4. The van der Waals surface area contributed by atoms with Crippen molar-refractivity contribution >= 4 is 28.4 Å². The van der Waals surface area contributed by atoms with Gasteiger partial charge >= 0.3 is 5.97 Å². The van der Waals surface area contributed by atoms with Gasteiger partial charge in [0.15, 0.2) is 0 Å². The molecule has 2 rings (SSSR count). The van der Waals surface area contributed by atoms with Gasteiger partial charge in [0.25, 0.3) is 0 Å². The number of esters is 1. The van der Waals surface area contributed by atoms with Crippen LogP contribution in [-0.2, 0) is 19.6 Å². The zero-order valence-electron chi connectivity index (χ0n) is 14.7. The molecule has 0 aromatic rings. The number of piperidine rings is 1. The molecule has 1 saturated heterocycles. The number of hydrogen-bond donors (Lipinski definition) is 1. The van der Waals surface area contributed by atoms with Gasteiger partial charge in [-0.15, -0.1) is 12.4 Å². The third-order valence-corrected chi connectivity index (χ3v) is 7.62. The molecule has 1 aliphatic heterocycles. The van der Waals surface area contributed by atoms with Crippen molar-refractivity contribution in [1.82, 2.24) is 9.62 Å². The van der Waals surface area contributed by atoms with Gasteiger partial charge in [-0.3, -0.25) is 4.79 Å². The minimum Gasteiger partial charge on any atom is -0.469 e. The van der Waals surface area contributed by atoms with Crippen LogP contribution in [-0.4, -0.2) is 57.2 Å². The average molecular weight is 383 g/mol. The van der Waals surface area contributed by atoms with E-state index in [1.165, 1.54) is 7.11 Å². The van der Waals surface area contributed by atoms with E-state index >= 15 is 0 Å². The highest BCUT2D eigenvalue weighted by Gasteiger charge is 2.43. The van der Waals surface area contributed by atoms with E-state index in [9.17, 15) is 13.2 Å². The van der Waals surface area contributed by atoms with E-state index < -0.39 is 21.2 Å². The highest BCUT2D eigenvalue weighted by atomic mass is 35.5. The first-order valence-corrected chi connectivity index (χ1v) is 10.3. The summed E-state index contributed by atoms with van der Waals surface area (Å²) in [5.74, 6) is -0.331. The van der Waals surface area contributed by atoms with Gasteiger partial charge < -0.3 is 10.1 Å². The Hall–Kier alpha value is -0.370. The first kappa shape index (κ1) is 21.7. The summed E-state index contributed by atoms with van der Waals surface area (Å²) in [6.45, 7) is 5.13. The first-order valence-electron chi connectivity index (χ1n) is 8.78. The van der Waals surface area contributed by atoms with Crippen LogP contribution < -0.4 is 5.32 Å². The molecule has 2 unspecified atom stereocenters. The number of carbonyl (C=O) groups is 1. The van der Waals surface area contributed by atoms with Crippen LogP contribution >= 0.6 is 12.4 Å². The number of methoxy groups -OCH3 is 1. The van der Waals surface area contributed by atoms with Crippen molar-refractivity contribution in [3.05, 3.63) is 0 Å². The topological polar surface area (TPSA) is 75.7 Å². The SMILES string of the molecule is CCNCC1CCN(S(=O)(=O)C2CCCCC2C(=O)OC)CC1.Cl. The summed E-state index contributed by atoms with van der Waals surface area (Å²) >= 11 is 0. The lowest BCUT2D eigenvalue weighted by molar-refractivity contribution is -0.146. The van der Waals surface area contributed by atoms with Crippen LogP contribution in [0.4, 0.5) is 0 Å². The number of sulfonamides is 1. The Bertz CT molecular complexity index is 492. The van der Waals surface area contributed by atoms with Gasteiger partial charge in [0.2, 0.25) is 10.0 Å².